The number of hydrogen-bond donors (Lipinski definition) is 0. The van der Waals surface area contributed by atoms with Gasteiger partial charge < -0.3 is 9.80 Å². The Kier molecular flexibility index (Phi) is 3.82. The molecule has 0 amide bonds. The minimum atomic E-state index is -0.807. The molecule has 0 radical (unpaired) electrons. The first-order valence-electron chi connectivity index (χ1n) is 6.85. The first kappa shape index (κ1) is 14.2. The molecular weight excluding hydrogens is 289 g/mol. The fourth-order valence-corrected chi connectivity index (χ4v) is 2.57. The van der Waals surface area contributed by atoms with Crippen molar-refractivity contribution in [3.63, 3.8) is 0 Å². The second-order valence-corrected chi connectivity index (χ2v) is 4.90. The molecule has 1 saturated heterocycles. The van der Waals surface area contributed by atoms with Crippen LogP contribution in [0, 0.1) is 15.9 Å². The van der Waals surface area contributed by atoms with E-state index in [1.54, 1.807) is 24.7 Å². The van der Waals surface area contributed by atoms with Crippen LogP contribution < -0.4 is 9.80 Å². The van der Waals surface area contributed by atoms with E-state index in [9.17, 15) is 14.5 Å². The fourth-order valence-electron chi connectivity index (χ4n) is 2.57. The maximum absolute atomic E-state index is 13.7. The third kappa shape index (κ3) is 2.67. The molecule has 0 atom stereocenters. The number of rotatable bonds is 3. The smallest absolute Gasteiger partial charge is 0.327 e. The molecule has 0 bridgehead atoms. The van der Waals surface area contributed by atoms with Gasteiger partial charge in [-0.1, -0.05) is 6.07 Å². The number of nitro groups is 1. The van der Waals surface area contributed by atoms with Gasteiger partial charge in [-0.05, 0) is 12.1 Å². The summed E-state index contributed by atoms with van der Waals surface area (Å²) in [4.78, 5) is 22.6. The molecule has 8 heteroatoms. The third-order valence-corrected chi connectivity index (χ3v) is 3.64. The number of nitrogens with zero attached hydrogens (tertiary/aromatic N) is 5. The lowest BCUT2D eigenvalue weighted by Crippen LogP contribution is -2.47. The number of anilines is 2. The highest BCUT2D eigenvalue weighted by atomic mass is 19.1. The van der Waals surface area contributed by atoms with E-state index in [4.69, 9.17) is 0 Å². The molecular formula is C14H14FN5O2. The quantitative estimate of drug-likeness (QED) is 0.636. The average Bonchev–Trinajstić information content (AvgIpc) is 2.55. The lowest BCUT2D eigenvalue weighted by Gasteiger charge is -2.36. The Morgan fingerprint density at radius 2 is 1.86 bits per heavy atom. The zero-order valence-electron chi connectivity index (χ0n) is 11.7. The van der Waals surface area contributed by atoms with E-state index in [2.05, 4.69) is 14.9 Å². The molecule has 0 spiro atoms. The average molecular weight is 303 g/mol. The van der Waals surface area contributed by atoms with Crippen molar-refractivity contribution < 1.29 is 9.31 Å². The topological polar surface area (TPSA) is 75.4 Å². The van der Waals surface area contributed by atoms with Gasteiger partial charge in [0.25, 0.3) is 0 Å². The Morgan fingerprint density at radius 1 is 1.14 bits per heavy atom. The Bertz CT molecular complexity index is 674. The normalized spacial score (nSPS) is 15.0. The Labute approximate surface area is 126 Å². The van der Waals surface area contributed by atoms with Crippen molar-refractivity contribution in [2.24, 2.45) is 0 Å². The van der Waals surface area contributed by atoms with Crippen molar-refractivity contribution in [2.45, 2.75) is 0 Å². The maximum atomic E-state index is 13.7. The number of aromatic nitrogens is 2. The van der Waals surface area contributed by atoms with Crippen molar-refractivity contribution in [1.29, 1.82) is 0 Å². The van der Waals surface area contributed by atoms with Crippen LogP contribution in [-0.4, -0.2) is 41.1 Å². The van der Waals surface area contributed by atoms with Crippen molar-refractivity contribution in [3.8, 4) is 0 Å². The molecule has 3 rings (SSSR count). The van der Waals surface area contributed by atoms with E-state index in [-0.39, 0.29) is 0 Å². The lowest BCUT2D eigenvalue weighted by atomic mass is 10.2. The summed E-state index contributed by atoms with van der Waals surface area (Å²) in [7, 11) is 0. The minimum absolute atomic E-state index is 0.323. The molecule has 22 heavy (non-hydrogen) atoms. The van der Waals surface area contributed by atoms with Crippen molar-refractivity contribution in [3.05, 3.63) is 52.7 Å². The van der Waals surface area contributed by atoms with Gasteiger partial charge in [0, 0.05) is 38.6 Å². The summed E-state index contributed by atoms with van der Waals surface area (Å²) in [6, 6.07) is 4.18. The van der Waals surface area contributed by atoms with Crippen LogP contribution in [0.15, 0.2) is 36.8 Å². The SMILES string of the molecule is O=[N+]([O-])c1c(F)cccc1N1CCN(c2cnccn2)CC1. The van der Waals surface area contributed by atoms with Gasteiger partial charge >= 0.3 is 5.69 Å². The highest BCUT2D eigenvalue weighted by Crippen LogP contribution is 2.31. The highest BCUT2D eigenvalue weighted by Gasteiger charge is 2.27. The van der Waals surface area contributed by atoms with E-state index in [1.165, 1.54) is 6.07 Å². The summed E-state index contributed by atoms with van der Waals surface area (Å²) in [6.45, 7) is 2.40. The van der Waals surface area contributed by atoms with Crippen molar-refractivity contribution >= 4 is 17.2 Å². The lowest BCUT2D eigenvalue weighted by molar-refractivity contribution is -0.386. The Hall–Kier alpha value is -2.77. The standard InChI is InChI=1S/C14H14FN5O2/c15-11-2-1-3-12(14(11)20(21)22)18-6-8-19(9-7-18)13-10-16-4-5-17-13/h1-5,10H,6-9H2. The molecule has 1 aliphatic rings. The van der Waals surface area contributed by atoms with E-state index < -0.39 is 16.4 Å². The van der Waals surface area contributed by atoms with Crippen LogP contribution in [-0.2, 0) is 0 Å². The molecule has 2 heterocycles. The fraction of sp³-hybridized carbons (Fsp3) is 0.286. The second-order valence-electron chi connectivity index (χ2n) is 4.90. The number of para-hydroxylation sites is 1. The van der Waals surface area contributed by atoms with Crippen LogP contribution in [0.4, 0.5) is 21.6 Å². The molecule has 1 aliphatic heterocycles. The van der Waals surface area contributed by atoms with Crippen LogP contribution in [0.2, 0.25) is 0 Å². The number of benzene rings is 1. The van der Waals surface area contributed by atoms with E-state index in [1.807, 2.05) is 4.90 Å². The van der Waals surface area contributed by atoms with Gasteiger partial charge in [0.15, 0.2) is 0 Å². The molecule has 114 valence electrons. The number of halogens is 1. The molecule has 0 saturated carbocycles. The molecule has 0 aliphatic carbocycles. The predicted molar refractivity (Wildman–Crippen MR) is 79.5 cm³/mol. The molecule has 1 aromatic carbocycles. The largest absolute Gasteiger partial charge is 0.362 e. The molecule has 2 aromatic rings. The van der Waals surface area contributed by atoms with Crippen molar-refractivity contribution in [1.82, 2.24) is 9.97 Å². The van der Waals surface area contributed by atoms with Crippen LogP contribution in [0.25, 0.3) is 0 Å². The summed E-state index contributed by atoms with van der Waals surface area (Å²) in [5.41, 5.74) is -0.140. The van der Waals surface area contributed by atoms with E-state index >= 15 is 0 Å². The summed E-state index contributed by atoms with van der Waals surface area (Å²) >= 11 is 0. The first-order chi connectivity index (χ1) is 10.7. The minimum Gasteiger partial charge on any atom is -0.362 e. The first-order valence-corrected chi connectivity index (χ1v) is 6.85. The molecule has 7 nitrogen and oxygen atoms in total. The monoisotopic (exact) mass is 303 g/mol. The van der Waals surface area contributed by atoms with E-state index in [0.29, 0.717) is 31.9 Å². The third-order valence-electron chi connectivity index (χ3n) is 3.64. The van der Waals surface area contributed by atoms with Gasteiger partial charge in [-0.2, -0.15) is 4.39 Å². The van der Waals surface area contributed by atoms with Gasteiger partial charge in [-0.25, -0.2) is 4.98 Å². The summed E-state index contributed by atoms with van der Waals surface area (Å²) in [6.07, 6.45) is 4.91. The second kappa shape index (κ2) is 5.92. The number of piperazine rings is 1. The number of nitro benzene ring substituents is 1. The maximum Gasteiger partial charge on any atom is 0.327 e. The van der Waals surface area contributed by atoms with Gasteiger partial charge in [0.1, 0.15) is 11.5 Å². The molecule has 0 N–H and O–H groups in total. The number of hydrogen-bond acceptors (Lipinski definition) is 6. The molecule has 1 aromatic heterocycles. The highest BCUT2D eigenvalue weighted by molar-refractivity contribution is 5.64. The van der Waals surface area contributed by atoms with Gasteiger partial charge in [-0.3, -0.25) is 15.1 Å². The van der Waals surface area contributed by atoms with Gasteiger partial charge in [-0.15, -0.1) is 0 Å². The van der Waals surface area contributed by atoms with Gasteiger partial charge in [0.2, 0.25) is 5.82 Å². The Balaban J connectivity index is 1.77. The zero-order valence-corrected chi connectivity index (χ0v) is 11.7. The van der Waals surface area contributed by atoms with Crippen molar-refractivity contribution in [2.75, 3.05) is 36.0 Å². The molecule has 0 unspecified atom stereocenters. The van der Waals surface area contributed by atoms with Gasteiger partial charge in [0.05, 0.1) is 11.1 Å². The van der Waals surface area contributed by atoms with Crippen LogP contribution in [0.1, 0.15) is 0 Å². The molecule has 1 fully saturated rings. The Morgan fingerprint density at radius 3 is 2.50 bits per heavy atom. The zero-order chi connectivity index (χ0) is 15.5. The summed E-state index contributed by atoms with van der Waals surface area (Å²) < 4.78 is 13.7. The predicted octanol–water partition coefficient (Wildman–Crippen LogP) is 1.85. The van der Waals surface area contributed by atoms with E-state index in [0.717, 1.165) is 11.9 Å². The van der Waals surface area contributed by atoms with Crippen LogP contribution in [0.3, 0.4) is 0 Å². The summed E-state index contributed by atoms with van der Waals surface area (Å²) in [5, 5.41) is 11.1. The summed E-state index contributed by atoms with van der Waals surface area (Å²) in [5.74, 6) is -0.0326. The van der Waals surface area contributed by atoms with Crippen LogP contribution >= 0.6 is 0 Å². The van der Waals surface area contributed by atoms with Crippen LogP contribution in [0.5, 0.6) is 0 Å².